The quantitative estimate of drug-likeness (QED) is 0.264. The Bertz CT molecular complexity index is 1580. The van der Waals surface area contributed by atoms with Crippen LogP contribution in [0, 0.1) is 5.95 Å². The topological polar surface area (TPSA) is 87.8 Å². The summed E-state index contributed by atoms with van der Waals surface area (Å²) in [5.74, 6) is -1.04. The Morgan fingerprint density at radius 1 is 1.26 bits per heavy atom. The molecule has 4 heterocycles. The summed E-state index contributed by atoms with van der Waals surface area (Å²) in [5.41, 5.74) is 1.07. The third kappa shape index (κ3) is 5.37. The first-order valence-corrected chi connectivity index (χ1v) is 12.9. The summed E-state index contributed by atoms with van der Waals surface area (Å²) in [6.45, 7) is 1.37. The standard InChI is InChI=1S/C27H28ClF2N7O2/c1-34(17-38)9-4-23(39)35(2)14-19-12-22-24(32-16-33-37(22)26(19)29)21-13-20(28)11-18-3-10-36(25(18)21)15-27(30)5-7-31-8-6-27/h3-4,9-13,16-17,31H,5-8,14-15H2,1-2H3/b9-4-. The van der Waals surface area contributed by atoms with Crippen LogP contribution in [-0.2, 0) is 22.7 Å². The van der Waals surface area contributed by atoms with E-state index in [1.807, 2.05) is 22.9 Å². The van der Waals surface area contributed by atoms with Crippen molar-refractivity contribution in [2.45, 2.75) is 31.6 Å². The van der Waals surface area contributed by atoms with Gasteiger partial charge < -0.3 is 19.7 Å². The molecule has 1 aliphatic heterocycles. The van der Waals surface area contributed by atoms with Crippen LogP contribution in [0.25, 0.3) is 27.7 Å². The van der Waals surface area contributed by atoms with Crippen LogP contribution in [0.2, 0.25) is 5.02 Å². The fourth-order valence-electron chi connectivity index (χ4n) is 4.97. The molecule has 39 heavy (non-hydrogen) atoms. The number of hydrogen-bond donors (Lipinski definition) is 1. The van der Waals surface area contributed by atoms with Crippen LogP contribution in [0.15, 0.2) is 49.1 Å². The number of halogens is 3. The maximum atomic E-state index is 15.7. The number of carbonyl (C=O) groups excluding carboxylic acids is 2. The lowest BCUT2D eigenvalue weighted by Gasteiger charge is -2.30. The number of carbonyl (C=O) groups is 2. The van der Waals surface area contributed by atoms with Crippen LogP contribution < -0.4 is 5.32 Å². The Morgan fingerprint density at radius 2 is 2.03 bits per heavy atom. The van der Waals surface area contributed by atoms with Crippen molar-refractivity contribution in [3.63, 3.8) is 0 Å². The fourth-order valence-corrected chi connectivity index (χ4v) is 5.20. The SMILES string of the molecule is CN(C=O)/C=C\C(=O)N(C)Cc1cc2c(-c3cc(Cl)cc4ccn(CC5(F)CCNCC5)c34)ncnn2c1F. The molecule has 0 saturated carbocycles. The molecule has 1 N–H and O–H groups in total. The van der Waals surface area contributed by atoms with Crippen molar-refractivity contribution in [1.82, 2.24) is 34.3 Å². The number of benzene rings is 1. The predicted octanol–water partition coefficient (Wildman–Crippen LogP) is 3.80. The van der Waals surface area contributed by atoms with Crippen LogP contribution in [0.4, 0.5) is 8.78 Å². The van der Waals surface area contributed by atoms with Gasteiger partial charge in [0, 0.05) is 54.1 Å². The molecule has 1 aromatic carbocycles. The Balaban J connectivity index is 1.55. The van der Waals surface area contributed by atoms with Crippen molar-refractivity contribution < 1.29 is 18.4 Å². The van der Waals surface area contributed by atoms with E-state index in [0.717, 1.165) is 15.4 Å². The minimum atomic E-state index is -1.35. The van der Waals surface area contributed by atoms with Gasteiger partial charge in [-0.05, 0) is 50.2 Å². The molecule has 0 spiro atoms. The number of rotatable bonds is 8. The second-order valence-electron chi connectivity index (χ2n) is 9.88. The maximum Gasteiger partial charge on any atom is 0.248 e. The molecule has 0 unspecified atom stereocenters. The van der Waals surface area contributed by atoms with Crippen molar-refractivity contribution in [2.75, 3.05) is 27.2 Å². The molecule has 3 aromatic heterocycles. The lowest BCUT2D eigenvalue weighted by molar-refractivity contribution is -0.125. The minimum Gasteiger partial charge on any atom is -0.344 e. The van der Waals surface area contributed by atoms with E-state index in [4.69, 9.17) is 11.6 Å². The highest BCUT2D eigenvalue weighted by Gasteiger charge is 2.33. The van der Waals surface area contributed by atoms with Gasteiger partial charge in [0.2, 0.25) is 18.3 Å². The zero-order chi connectivity index (χ0) is 27.7. The Kier molecular flexibility index (Phi) is 7.37. The highest BCUT2D eigenvalue weighted by Crippen LogP contribution is 2.36. The van der Waals surface area contributed by atoms with Crippen LogP contribution in [0.1, 0.15) is 18.4 Å². The molecule has 9 nitrogen and oxygen atoms in total. The molecular weight excluding hydrogens is 528 g/mol. The van der Waals surface area contributed by atoms with Gasteiger partial charge >= 0.3 is 0 Å². The maximum absolute atomic E-state index is 15.7. The molecule has 1 fully saturated rings. The van der Waals surface area contributed by atoms with Crippen molar-refractivity contribution in [1.29, 1.82) is 0 Å². The lowest BCUT2D eigenvalue weighted by atomic mass is 9.94. The van der Waals surface area contributed by atoms with Crippen molar-refractivity contribution >= 4 is 40.3 Å². The molecule has 1 aliphatic rings. The highest BCUT2D eigenvalue weighted by molar-refractivity contribution is 6.32. The fraction of sp³-hybridized carbons (Fsp3) is 0.333. The van der Waals surface area contributed by atoms with E-state index >= 15 is 8.78 Å². The van der Waals surface area contributed by atoms with Crippen LogP contribution in [0.5, 0.6) is 0 Å². The smallest absolute Gasteiger partial charge is 0.248 e. The third-order valence-electron chi connectivity index (χ3n) is 7.02. The molecule has 5 rings (SSSR count). The van der Waals surface area contributed by atoms with E-state index in [-0.39, 0.29) is 18.7 Å². The van der Waals surface area contributed by atoms with Crippen LogP contribution in [-0.4, -0.2) is 74.1 Å². The Morgan fingerprint density at radius 3 is 2.77 bits per heavy atom. The zero-order valence-electron chi connectivity index (χ0n) is 21.6. The third-order valence-corrected chi connectivity index (χ3v) is 7.24. The Hall–Kier alpha value is -3.83. The van der Waals surface area contributed by atoms with Crippen LogP contribution in [0.3, 0.4) is 0 Å². The van der Waals surface area contributed by atoms with E-state index in [9.17, 15) is 9.59 Å². The molecule has 0 atom stereocenters. The predicted molar refractivity (Wildman–Crippen MR) is 144 cm³/mol. The van der Waals surface area contributed by atoms with Gasteiger partial charge in [0.1, 0.15) is 17.7 Å². The molecule has 12 heteroatoms. The minimum absolute atomic E-state index is 0.0393. The van der Waals surface area contributed by atoms with Crippen molar-refractivity contribution in [3.8, 4) is 11.3 Å². The molecule has 4 aromatic rings. The Labute approximate surface area is 228 Å². The van der Waals surface area contributed by atoms with Gasteiger partial charge in [-0.3, -0.25) is 9.59 Å². The molecule has 2 amide bonds. The normalized spacial score (nSPS) is 15.3. The molecular formula is C27H28ClF2N7O2. The average molecular weight is 556 g/mol. The molecule has 1 saturated heterocycles. The number of piperidine rings is 1. The average Bonchev–Trinajstić information content (AvgIpc) is 3.46. The first kappa shape index (κ1) is 26.8. The lowest BCUT2D eigenvalue weighted by Crippen LogP contribution is -2.41. The second kappa shape index (κ2) is 10.7. The summed E-state index contributed by atoms with van der Waals surface area (Å²) in [4.78, 5) is 30.2. The molecule has 204 valence electrons. The number of hydrogen-bond acceptors (Lipinski definition) is 5. The van der Waals surface area contributed by atoms with E-state index in [0.29, 0.717) is 54.1 Å². The van der Waals surface area contributed by atoms with E-state index in [1.54, 1.807) is 12.1 Å². The number of aromatic nitrogens is 4. The van der Waals surface area contributed by atoms with Gasteiger partial charge in [0.15, 0.2) is 0 Å². The number of nitrogens with one attached hydrogen (secondary N) is 1. The molecule has 0 bridgehead atoms. The van der Waals surface area contributed by atoms with Gasteiger partial charge in [-0.25, -0.2) is 13.9 Å². The summed E-state index contributed by atoms with van der Waals surface area (Å²) in [6, 6.07) is 7.03. The number of amides is 2. The summed E-state index contributed by atoms with van der Waals surface area (Å²) in [7, 11) is 3.03. The summed E-state index contributed by atoms with van der Waals surface area (Å²) in [5, 5.41) is 8.57. The van der Waals surface area contributed by atoms with Crippen molar-refractivity contribution in [3.05, 3.63) is 65.6 Å². The van der Waals surface area contributed by atoms with Gasteiger partial charge in [0.25, 0.3) is 0 Å². The van der Waals surface area contributed by atoms with Gasteiger partial charge in [0.05, 0.1) is 24.1 Å². The van der Waals surface area contributed by atoms with Gasteiger partial charge in [-0.1, -0.05) is 11.6 Å². The largest absolute Gasteiger partial charge is 0.344 e. The second-order valence-corrected chi connectivity index (χ2v) is 10.3. The number of likely N-dealkylation sites (N-methyl/N-ethyl adjacent to an activating group) is 1. The highest BCUT2D eigenvalue weighted by atomic mass is 35.5. The number of nitrogens with zero attached hydrogens (tertiary/aromatic N) is 6. The van der Waals surface area contributed by atoms with E-state index in [1.165, 1.54) is 42.5 Å². The first-order valence-electron chi connectivity index (χ1n) is 12.5. The number of alkyl halides is 1. The van der Waals surface area contributed by atoms with Gasteiger partial charge in [-0.2, -0.15) is 9.49 Å². The zero-order valence-corrected chi connectivity index (χ0v) is 22.3. The summed E-state index contributed by atoms with van der Waals surface area (Å²) in [6.07, 6.45) is 7.03. The van der Waals surface area contributed by atoms with Gasteiger partial charge in [-0.15, -0.1) is 0 Å². The number of fused-ring (bicyclic) bond motifs is 2. The molecule has 0 radical (unpaired) electrons. The summed E-state index contributed by atoms with van der Waals surface area (Å²) >= 11 is 6.46. The summed E-state index contributed by atoms with van der Waals surface area (Å²) < 4.78 is 34.1. The van der Waals surface area contributed by atoms with E-state index < -0.39 is 17.5 Å². The molecule has 0 aliphatic carbocycles. The van der Waals surface area contributed by atoms with E-state index in [2.05, 4.69) is 15.4 Å². The van der Waals surface area contributed by atoms with Crippen molar-refractivity contribution in [2.24, 2.45) is 0 Å². The monoisotopic (exact) mass is 555 g/mol. The van der Waals surface area contributed by atoms with Crippen LogP contribution >= 0.6 is 11.6 Å². The first-order chi connectivity index (χ1) is 18.7.